The number of anilines is 1. The monoisotopic (exact) mass is 456 g/mol. The van der Waals surface area contributed by atoms with Gasteiger partial charge in [0.05, 0.1) is 17.8 Å². The Morgan fingerprint density at radius 2 is 2.05 bits per heavy atom. The average molecular weight is 457 g/mol. The maximum Gasteiger partial charge on any atom is 0.232 e. The topological polar surface area (TPSA) is 79.9 Å². The van der Waals surface area contributed by atoms with Gasteiger partial charge in [-0.25, -0.2) is 4.98 Å². The summed E-state index contributed by atoms with van der Waals surface area (Å²) in [5, 5.41) is 0. The van der Waals surface area contributed by atoms with Gasteiger partial charge >= 0.3 is 0 Å². The van der Waals surface area contributed by atoms with Gasteiger partial charge in [0.1, 0.15) is 0 Å². The van der Waals surface area contributed by atoms with Crippen molar-refractivity contribution in [3.63, 3.8) is 0 Å². The van der Waals surface area contributed by atoms with Crippen molar-refractivity contribution < 1.29 is 4.74 Å². The third kappa shape index (κ3) is 3.84. The SMILES string of the molecule is CN=C(N)N1CCN(c2ncc(Br)c(OC)n2)CC1.I. The van der Waals surface area contributed by atoms with Crippen LogP contribution in [0.15, 0.2) is 15.7 Å². The standard InChI is InChI=1S/C11H17BrN6O.HI/c1-14-10(13)17-3-5-18(6-4-17)11-15-7-8(12)9(16-11)19-2;/h7H,3-6H2,1-2H3,(H2,13,14);1H. The molecule has 1 saturated heterocycles. The maximum atomic E-state index is 5.80. The van der Waals surface area contributed by atoms with Gasteiger partial charge in [0, 0.05) is 33.2 Å². The van der Waals surface area contributed by atoms with Crippen molar-refractivity contribution in [3.05, 3.63) is 10.7 Å². The number of ether oxygens (including phenoxy) is 1. The number of hydrogen-bond donors (Lipinski definition) is 1. The Morgan fingerprint density at radius 1 is 1.40 bits per heavy atom. The van der Waals surface area contributed by atoms with Gasteiger partial charge in [-0.15, -0.1) is 24.0 Å². The normalized spacial score (nSPS) is 15.8. The van der Waals surface area contributed by atoms with Crippen LogP contribution in [-0.4, -0.2) is 61.2 Å². The van der Waals surface area contributed by atoms with Crippen LogP contribution in [0.1, 0.15) is 0 Å². The highest BCUT2D eigenvalue weighted by Gasteiger charge is 2.20. The summed E-state index contributed by atoms with van der Waals surface area (Å²) in [6.07, 6.45) is 1.70. The number of aliphatic imine (C=N–C) groups is 1. The van der Waals surface area contributed by atoms with E-state index in [9.17, 15) is 0 Å². The molecule has 2 rings (SSSR count). The maximum absolute atomic E-state index is 5.80. The van der Waals surface area contributed by atoms with Crippen LogP contribution in [0.2, 0.25) is 0 Å². The van der Waals surface area contributed by atoms with Gasteiger partial charge in [-0.2, -0.15) is 4.98 Å². The molecular formula is C11H18BrIN6O. The van der Waals surface area contributed by atoms with Crippen LogP contribution in [0.5, 0.6) is 5.88 Å². The molecule has 0 amide bonds. The number of nitrogens with two attached hydrogens (primary N) is 1. The molecule has 1 aromatic heterocycles. The zero-order chi connectivity index (χ0) is 13.8. The predicted molar refractivity (Wildman–Crippen MR) is 93.0 cm³/mol. The van der Waals surface area contributed by atoms with Crippen LogP contribution in [-0.2, 0) is 0 Å². The van der Waals surface area contributed by atoms with E-state index in [0.29, 0.717) is 17.8 Å². The summed E-state index contributed by atoms with van der Waals surface area (Å²) in [5.74, 6) is 1.79. The second-order valence-electron chi connectivity index (χ2n) is 4.08. The highest BCUT2D eigenvalue weighted by molar-refractivity contribution is 14.0. The number of nitrogens with zero attached hydrogens (tertiary/aromatic N) is 5. The molecule has 0 radical (unpaired) electrons. The van der Waals surface area contributed by atoms with Crippen LogP contribution in [0.4, 0.5) is 5.95 Å². The molecule has 7 nitrogen and oxygen atoms in total. The summed E-state index contributed by atoms with van der Waals surface area (Å²) in [5.41, 5.74) is 5.80. The van der Waals surface area contributed by atoms with Crippen molar-refractivity contribution in [2.45, 2.75) is 0 Å². The Labute approximate surface area is 143 Å². The second-order valence-corrected chi connectivity index (χ2v) is 4.94. The number of aromatic nitrogens is 2. The molecule has 2 heterocycles. The van der Waals surface area contributed by atoms with E-state index in [0.717, 1.165) is 30.7 Å². The molecule has 0 aromatic carbocycles. The van der Waals surface area contributed by atoms with E-state index in [4.69, 9.17) is 10.5 Å². The van der Waals surface area contributed by atoms with Crippen molar-refractivity contribution in [1.29, 1.82) is 0 Å². The van der Waals surface area contributed by atoms with E-state index in [1.165, 1.54) is 0 Å². The Kier molecular flexibility index (Phi) is 6.72. The summed E-state index contributed by atoms with van der Waals surface area (Å²) in [7, 11) is 3.29. The van der Waals surface area contributed by atoms with Gasteiger partial charge in [-0.05, 0) is 15.9 Å². The first-order valence-electron chi connectivity index (χ1n) is 5.94. The van der Waals surface area contributed by atoms with Crippen molar-refractivity contribution in [1.82, 2.24) is 14.9 Å². The molecule has 0 aliphatic carbocycles. The molecular weight excluding hydrogens is 439 g/mol. The molecule has 9 heteroatoms. The van der Waals surface area contributed by atoms with Crippen LogP contribution >= 0.6 is 39.9 Å². The Balaban J connectivity index is 0.00000200. The zero-order valence-electron chi connectivity index (χ0n) is 11.4. The van der Waals surface area contributed by atoms with Gasteiger partial charge in [0.15, 0.2) is 5.96 Å². The van der Waals surface area contributed by atoms with Crippen molar-refractivity contribution in [3.8, 4) is 5.88 Å². The first kappa shape index (κ1) is 17.2. The van der Waals surface area contributed by atoms with Gasteiger partial charge < -0.3 is 20.3 Å². The van der Waals surface area contributed by atoms with Gasteiger partial charge in [-0.3, -0.25) is 4.99 Å². The predicted octanol–water partition coefficient (Wildman–Crippen LogP) is 0.932. The van der Waals surface area contributed by atoms with E-state index in [-0.39, 0.29) is 24.0 Å². The van der Waals surface area contributed by atoms with Crippen molar-refractivity contribution in [2.75, 3.05) is 45.2 Å². The van der Waals surface area contributed by atoms with Gasteiger partial charge in [0.25, 0.3) is 0 Å². The molecule has 0 spiro atoms. The van der Waals surface area contributed by atoms with Crippen molar-refractivity contribution in [2.24, 2.45) is 10.7 Å². The molecule has 1 fully saturated rings. The lowest BCUT2D eigenvalue weighted by atomic mass is 10.3. The zero-order valence-corrected chi connectivity index (χ0v) is 15.3. The highest BCUT2D eigenvalue weighted by atomic mass is 127. The first-order chi connectivity index (χ1) is 9.15. The van der Waals surface area contributed by atoms with Crippen LogP contribution in [0.3, 0.4) is 0 Å². The molecule has 20 heavy (non-hydrogen) atoms. The molecule has 112 valence electrons. The van der Waals surface area contributed by atoms with Gasteiger partial charge in [-0.1, -0.05) is 0 Å². The van der Waals surface area contributed by atoms with E-state index in [1.807, 2.05) is 4.90 Å². The van der Waals surface area contributed by atoms with E-state index >= 15 is 0 Å². The number of hydrogen-bond acceptors (Lipinski definition) is 5. The van der Waals surface area contributed by atoms with Crippen molar-refractivity contribution >= 4 is 51.8 Å². The largest absolute Gasteiger partial charge is 0.480 e. The third-order valence-electron chi connectivity index (χ3n) is 3.01. The Bertz CT molecular complexity index is 478. The lowest BCUT2D eigenvalue weighted by Crippen LogP contribution is -2.51. The Morgan fingerprint density at radius 3 is 2.60 bits per heavy atom. The molecule has 0 unspecified atom stereocenters. The minimum atomic E-state index is 0. The molecule has 1 aliphatic heterocycles. The fourth-order valence-corrected chi connectivity index (χ4v) is 2.27. The lowest BCUT2D eigenvalue weighted by Gasteiger charge is -2.35. The van der Waals surface area contributed by atoms with E-state index < -0.39 is 0 Å². The van der Waals surface area contributed by atoms with Crippen LogP contribution in [0, 0.1) is 0 Å². The summed E-state index contributed by atoms with van der Waals surface area (Å²) >= 11 is 3.34. The smallest absolute Gasteiger partial charge is 0.232 e. The molecule has 2 N–H and O–H groups in total. The number of methoxy groups -OCH3 is 1. The molecule has 0 saturated carbocycles. The van der Waals surface area contributed by atoms with Crippen LogP contribution in [0.25, 0.3) is 0 Å². The second kappa shape index (κ2) is 7.81. The molecule has 0 atom stereocenters. The van der Waals surface area contributed by atoms with E-state index in [2.05, 4.69) is 35.8 Å². The fraction of sp³-hybridized carbons (Fsp3) is 0.545. The first-order valence-corrected chi connectivity index (χ1v) is 6.73. The quantitative estimate of drug-likeness (QED) is 0.405. The third-order valence-corrected chi connectivity index (χ3v) is 3.55. The van der Waals surface area contributed by atoms with Gasteiger partial charge in [0.2, 0.25) is 11.8 Å². The summed E-state index contributed by atoms with van der Waals surface area (Å²) in [6, 6.07) is 0. The fourth-order valence-electron chi connectivity index (χ4n) is 1.92. The molecule has 0 bridgehead atoms. The number of piperazine rings is 1. The van der Waals surface area contributed by atoms with Crippen LogP contribution < -0.4 is 15.4 Å². The molecule has 1 aliphatic rings. The molecule has 1 aromatic rings. The highest BCUT2D eigenvalue weighted by Crippen LogP contribution is 2.23. The van der Waals surface area contributed by atoms with E-state index in [1.54, 1.807) is 20.4 Å². The number of guanidine groups is 1. The minimum absolute atomic E-state index is 0. The minimum Gasteiger partial charge on any atom is -0.480 e. The number of rotatable bonds is 2. The summed E-state index contributed by atoms with van der Waals surface area (Å²) in [6.45, 7) is 3.23. The lowest BCUT2D eigenvalue weighted by molar-refractivity contribution is 0.373. The summed E-state index contributed by atoms with van der Waals surface area (Å²) < 4.78 is 5.93. The number of halogens is 2. The average Bonchev–Trinajstić information content (AvgIpc) is 2.47. The Hall–Kier alpha value is -0.840. The summed E-state index contributed by atoms with van der Waals surface area (Å²) in [4.78, 5) is 16.8.